The second-order valence-electron chi connectivity index (χ2n) is 5.93. The molecule has 1 aromatic carbocycles. The number of hydrogen-bond acceptors (Lipinski definition) is 4. The average Bonchev–Trinajstić information content (AvgIpc) is 3.08. The van der Waals surface area contributed by atoms with E-state index in [4.69, 9.17) is 0 Å². The van der Waals surface area contributed by atoms with Crippen LogP contribution in [0.25, 0.3) is 0 Å². The minimum atomic E-state index is -0.0811. The minimum absolute atomic E-state index is 0.0125. The third-order valence-electron chi connectivity index (χ3n) is 4.22. The number of anilines is 2. The zero-order valence-electron chi connectivity index (χ0n) is 14.2. The van der Waals surface area contributed by atoms with Gasteiger partial charge in [-0.2, -0.15) is 0 Å². The number of amides is 2. The van der Waals surface area contributed by atoms with Gasteiger partial charge in [0.25, 0.3) is 5.91 Å². The molecular weight excluding hydrogens is 334 g/mol. The first kappa shape index (κ1) is 17.2. The van der Waals surface area contributed by atoms with Gasteiger partial charge in [-0.25, -0.2) is 0 Å². The van der Waals surface area contributed by atoms with Crippen LogP contribution in [-0.4, -0.2) is 42.9 Å². The Labute approximate surface area is 151 Å². The van der Waals surface area contributed by atoms with Crippen molar-refractivity contribution in [3.63, 3.8) is 0 Å². The van der Waals surface area contributed by atoms with Crippen LogP contribution in [-0.2, 0) is 4.79 Å². The summed E-state index contributed by atoms with van der Waals surface area (Å²) in [7, 11) is 0. The van der Waals surface area contributed by atoms with E-state index in [0.717, 1.165) is 29.3 Å². The van der Waals surface area contributed by atoms with Gasteiger partial charge in [0.15, 0.2) is 0 Å². The fourth-order valence-electron chi connectivity index (χ4n) is 2.82. The Balaban J connectivity index is 1.58. The summed E-state index contributed by atoms with van der Waals surface area (Å²) in [5.41, 5.74) is 1.87. The molecule has 0 atom stereocenters. The van der Waals surface area contributed by atoms with Gasteiger partial charge in [0.1, 0.15) is 0 Å². The predicted molar refractivity (Wildman–Crippen MR) is 102 cm³/mol. The van der Waals surface area contributed by atoms with Gasteiger partial charge >= 0.3 is 0 Å². The molecule has 3 rings (SSSR count). The van der Waals surface area contributed by atoms with Crippen LogP contribution in [0, 0.1) is 6.92 Å². The van der Waals surface area contributed by atoms with Crippen molar-refractivity contribution in [2.45, 2.75) is 6.92 Å². The van der Waals surface area contributed by atoms with Crippen molar-refractivity contribution in [2.75, 3.05) is 36.4 Å². The quantitative estimate of drug-likeness (QED) is 0.857. The molecule has 0 unspecified atom stereocenters. The van der Waals surface area contributed by atoms with Gasteiger partial charge in [0.2, 0.25) is 5.91 Å². The molecule has 0 saturated carbocycles. The summed E-state index contributed by atoms with van der Waals surface area (Å²) >= 11 is 1.49. The van der Waals surface area contributed by atoms with Crippen molar-refractivity contribution in [1.29, 1.82) is 0 Å². The number of benzene rings is 1. The van der Waals surface area contributed by atoms with E-state index in [-0.39, 0.29) is 11.8 Å². The van der Waals surface area contributed by atoms with Crippen molar-refractivity contribution < 1.29 is 9.59 Å². The molecule has 130 valence electrons. The highest BCUT2D eigenvalue weighted by molar-refractivity contribution is 7.14. The molecule has 25 heavy (non-hydrogen) atoms. The topological polar surface area (TPSA) is 52.7 Å². The van der Waals surface area contributed by atoms with Gasteiger partial charge in [-0.3, -0.25) is 9.59 Å². The van der Waals surface area contributed by atoms with Crippen LogP contribution in [0.5, 0.6) is 0 Å². The standard InChI is InChI=1S/C19H21N3O2S/c1-3-18(23)22-12-10-21(11-13-22)16-7-5-15(6-8-16)20-19(24)17-9-4-14(2)25-17/h3-9H,1,10-13H2,2H3,(H,20,24). The number of hydrogen-bond donors (Lipinski definition) is 1. The number of rotatable bonds is 4. The molecule has 1 aromatic heterocycles. The van der Waals surface area contributed by atoms with Crippen LogP contribution >= 0.6 is 11.3 Å². The molecule has 0 radical (unpaired) electrons. The van der Waals surface area contributed by atoms with E-state index >= 15 is 0 Å². The van der Waals surface area contributed by atoms with E-state index < -0.39 is 0 Å². The fourth-order valence-corrected chi connectivity index (χ4v) is 3.58. The maximum atomic E-state index is 12.2. The lowest BCUT2D eigenvalue weighted by Gasteiger charge is -2.35. The molecule has 1 fully saturated rings. The van der Waals surface area contributed by atoms with E-state index in [1.165, 1.54) is 17.4 Å². The zero-order chi connectivity index (χ0) is 17.8. The highest BCUT2D eigenvalue weighted by atomic mass is 32.1. The Hall–Kier alpha value is -2.60. The molecule has 5 nitrogen and oxygen atoms in total. The fraction of sp³-hybridized carbons (Fsp3) is 0.263. The molecule has 0 spiro atoms. The van der Waals surface area contributed by atoms with Crippen LogP contribution in [0.3, 0.4) is 0 Å². The number of aryl methyl sites for hydroxylation is 1. The van der Waals surface area contributed by atoms with Crippen molar-refractivity contribution in [3.05, 3.63) is 58.8 Å². The van der Waals surface area contributed by atoms with Crippen LogP contribution < -0.4 is 10.2 Å². The summed E-state index contributed by atoms with van der Waals surface area (Å²) in [5.74, 6) is -0.0936. The first-order chi connectivity index (χ1) is 12.1. The van der Waals surface area contributed by atoms with E-state index in [2.05, 4.69) is 16.8 Å². The van der Waals surface area contributed by atoms with E-state index in [1.54, 1.807) is 4.90 Å². The van der Waals surface area contributed by atoms with Gasteiger partial charge < -0.3 is 15.1 Å². The van der Waals surface area contributed by atoms with Crippen molar-refractivity contribution >= 4 is 34.5 Å². The molecule has 2 aromatic rings. The normalized spacial score (nSPS) is 14.3. The Bertz CT molecular complexity index is 774. The molecule has 1 aliphatic heterocycles. The predicted octanol–water partition coefficient (Wildman–Crippen LogP) is 3.14. The highest BCUT2D eigenvalue weighted by Crippen LogP contribution is 2.21. The number of piperazine rings is 1. The maximum Gasteiger partial charge on any atom is 0.265 e. The van der Waals surface area contributed by atoms with Crippen molar-refractivity contribution in [1.82, 2.24) is 4.90 Å². The first-order valence-electron chi connectivity index (χ1n) is 8.21. The molecule has 6 heteroatoms. The molecule has 1 N–H and O–H groups in total. The number of thiophene rings is 1. The lowest BCUT2D eigenvalue weighted by atomic mass is 10.2. The van der Waals surface area contributed by atoms with Crippen LogP contribution in [0.2, 0.25) is 0 Å². The van der Waals surface area contributed by atoms with Gasteiger partial charge in [-0.1, -0.05) is 6.58 Å². The second-order valence-corrected chi connectivity index (χ2v) is 7.22. The number of carbonyl (C=O) groups is 2. The monoisotopic (exact) mass is 355 g/mol. The second kappa shape index (κ2) is 7.53. The van der Waals surface area contributed by atoms with E-state index in [9.17, 15) is 9.59 Å². The molecular formula is C19H21N3O2S. The largest absolute Gasteiger partial charge is 0.368 e. The number of carbonyl (C=O) groups excluding carboxylic acids is 2. The number of nitrogens with one attached hydrogen (secondary N) is 1. The zero-order valence-corrected chi connectivity index (χ0v) is 15.0. The maximum absolute atomic E-state index is 12.2. The smallest absolute Gasteiger partial charge is 0.265 e. The van der Waals surface area contributed by atoms with Crippen LogP contribution in [0.15, 0.2) is 49.1 Å². The minimum Gasteiger partial charge on any atom is -0.368 e. The third-order valence-corrected chi connectivity index (χ3v) is 5.22. The van der Waals surface area contributed by atoms with E-state index in [0.29, 0.717) is 18.0 Å². The average molecular weight is 355 g/mol. The Morgan fingerprint density at radius 3 is 2.32 bits per heavy atom. The van der Waals surface area contributed by atoms with Gasteiger partial charge in [0.05, 0.1) is 4.88 Å². The highest BCUT2D eigenvalue weighted by Gasteiger charge is 2.19. The summed E-state index contributed by atoms with van der Waals surface area (Å²) < 4.78 is 0. The molecule has 2 heterocycles. The summed E-state index contributed by atoms with van der Waals surface area (Å²) in [4.78, 5) is 29.7. The summed E-state index contributed by atoms with van der Waals surface area (Å²) in [6.07, 6.45) is 1.36. The van der Waals surface area contributed by atoms with Crippen molar-refractivity contribution in [3.8, 4) is 0 Å². The van der Waals surface area contributed by atoms with Crippen molar-refractivity contribution in [2.24, 2.45) is 0 Å². The van der Waals surface area contributed by atoms with Gasteiger partial charge in [0, 0.05) is 42.4 Å². The summed E-state index contributed by atoms with van der Waals surface area (Å²) in [5, 5.41) is 2.92. The summed E-state index contributed by atoms with van der Waals surface area (Å²) in [6.45, 7) is 8.49. The molecule has 0 aliphatic carbocycles. The van der Waals surface area contributed by atoms with Gasteiger partial charge in [-0.05, 0) is 49.4 Å². The summed E-state index contributed by atoms with van der Waals surface area (Å²) in [6, 6.07) is 11.6. The van der Waals surface area contributed by atoms with Crippen LogP contribution in [0.1, 0.15) is 14.5 Å². The Morgan fingerprint density at radius 2 is 1.76 bits per heavy atom. The molecule has 1 aliphatic rings. The van der Waals surface area contributed by atoms with E-state index in [1.807, 2.05) is 43.3 Å². The first-order valence-corrected chi connectivity index (χ1v) is 9.02. The van der Waals surface area contributed by atoms with Crippen LogP contribution in [0.4, 0.5) is 11.4 Å². The number of nitrogens with zero attached hydrogens (tertiary/aromatic N) is 2. The molecule has 1 saturated heterocycles. The Morgan fingerprint density at radius 1 is 1.08 bits per heavy atom. The molecule has 2 amide bonds. The third kappa shape index (κ3) is 4.09. The molecule has 0 bridgehead atoms. The lowest BCUT2D eigenvalue weighted by molar-refractivity contribution is -0.126. The SMILES string of the molecule is C=CC(=O)N1CCN(c2ccc(NC(=O)c3ccc(C)s3)cc2)CC1. The van der Waals surface area contributed by atoms with Gasteiger partial charge in [-0.15, -0.1) is 11.3 Å². The Kier molecular flexibility index (Phi) is 5.19. The lowest BCUT2D eigenvalue weighted by Crippen LogP contribution is -2.48.